The first kappa shape index (κ1) is 15.1. The molecule has 0 saturated heterocycles. The Hall–Kier alpha value is -2.50. The van der Waals surface area contributed by atoms with Crippen molar-refractivity contribution in [2.45, 2.75) is 0 Å². The SMILES string of the molecule is N=C1c2cn[nH]c2N(c2ccccc2Cl)CN1c1ccc(Cl)cc1. The molecule has 0 spiro atoms. The second-order valence-corrected chi connectivity index (χ2v) is 6.25. The number of nitrogens with zero attached hydrogens (tertiary/aromatic N) is 3. The largest absolute Gasteiger partial charge is 0.308 e. The number of H-pyrrole nitrogens is 1. The quantitative estimate of drug-likeness (QED) is 0.701. The summed E-state index contributed by atoms with van der Waals surface area (Å²) in [5, 5.41) is 16.9. The van der Waals surface area contributed by atoms with Crippen LogP contribution in [-0.4, -0.2) is 22.7 Å². The maximum absolute atomic E-state index is 8.52. The van der Waals surface area contributed by atoms with E-state index in [9.17, 15) is 0 Å². The van der Waals surface area contributed by atoms with Crippen molar-refractivity contribution in [3.8, 4) is 0 Å². The Balaban J connectivity index is 1.82. The van der Waals surface area contributed by atoms with Gasteiger partial charge in [0.05, 0.1) is 22.5 Å². The Morgan fingerprint density at radius 3 is 2.50 bits per heavy atom. The summed E-state index contributed by atoms with van der Waals surface area (Å²) in [6, 6.07) is 15.0. The molecular formula is C17H13Cl2N5. The molecule has 2 heterocycles. The van der Waals surface area contributed by atoms with Gasteiger partial charge in [-0.3, -0.25) is 10.5 Å². The van der Waals surface area contributed by atoms with Gasteiger partial charge in [0, 0.05) is 10.7 Å². The first-order valence-electron chi connectivity index (χ1n) is 7.32. The van der Waals surface area contributed by atoms with Crippen LogP contribution in [0.25, 0.3) is 0 Å². The number of nitrogens with one attached hydrogen (secondary N) is 2. The first-order chi connectivity index (χ1) is 11.6. The second kappa shape index (κ2) is 5.85. The topological polar surface area (TPSA) is 59.0 Å². The van der Waals surface area contributed by atoms with Crippen molar-refractivity contribution in [2.75, 3.05) is 16.5 Å². The number of hydrogen-bond donors (Lipinski definition) is 2. The van der Waals surface area contributed by atoms with Gasteiger partial charge < -0.3 is 9.80 Å². The maximum atomic E-state index is 8.52. The van der Waals surface area contributed by atoms with Crippen LogP contribution in [0, 0.1) is 5.41 Å². The van der Waals surface area contributed by atoms with E-state index in [-0.39, 0.29) is 0 Å². The van der Waals surface area contributed by atoms with Crippen LogP contribution in [0.15, 0.2) is 54.7 Å². The Labute approximate surface area is 148 Å². The Bertz CT molecular complexity index is 903. The van der Waals surface area contributed by atoms with Crippen LogP contribution < -0.4 is 9.80 Å². The molecule has 2 N–H and O–H groups in total. The van der Waals surface area contributed by atoms with Gasteiger partial charge in [0.15, 0.2) is 0 Å². The third kappa shape index (κ3) is 2.42. The number of aromatic nitrogens is 2. The van der Waals surface area contributed by atoms with Crippen molar-refractivity contribution in [2.24, 2.45) is 0 Å². The zero-order valence-corrected chi connectivity index (χ0v) is 14.0. The average molecular weight is 358 g/mol. The van der Waals surface area contributed by atoms with Crippen molar-refractivity contribution in [1.29, 1.82) is 5.41 Å². The molecule has 0 amide bonds. The fourth-order valence-electron chi connectivity index (χ4n) is 2.79. The Morgan fingerprint density at radius 2 is 1.75 bits per heavy atom. The van der Waals surface area contributed by atoms with Crippen molar-refractivity contribution in [3.63, 3.8) is 0 Å². The fourth-order valence-corrected chi connectivity index (χ4v) is 3.15. The summed E-state index contributed by atoms with van der Waals surface area (Å²) in [6.07, 6.45) is 1.66. The molecule has 1 aliphatic heterocycles. The number of anilines is 3. The lowest BCUT2D eigenvalue weighted by Gasteiger charge is -2.37. The molecular weight excluding hydrogens is 345 g/mol. The molecule has 1 aromatic heterocycles. The van der Waals surface area contributed by atoms with Gasteiger partial charge in [-0.1, -0.05) is 35.3 Å². The highest BCUT2D eigenvalue weighted by Crippen LogP contribution is 2.37. The maximum Gasteiger partial charge on any atom is 0.141 e. The van der Waals surface area contributed by atoms with E-state index in [4.69, 9.17) is 28.6 Å². The van der Waals surface area contributed by atoms with E-state index in [1.807, 2.05) is 58.3 Å². The highest BCUT2D eigenvalue weighted by atomic mass is 35.5. The van der Waals surface area contributed by atoms with Crippen LogP contribution in [0.3, 0.4) is 0 Å². The molecule has 120 valence electrons. The molecule has 0 unspecified atom stereocenters. The number of hydrogen-bond acceptors (Lipinski definition) is 3. The molecule has 0 aliphatic carbocycles. The Morgan fingerprint density at radius 1 is 1.00 bits per heavy atom. The third-order valence-corrected chi connectivity index (χ3v) is 4.55. The molecule has 0 saturated carbocycles. The summed E-state index contributed by atoms with van der Waals surface area (Å²) in [5.41, 5.74) is 2.46. The zero-order valence-electron chi connectivity index (χ0n) is 12.5. The normalized spacial score (nSPS) is 14.0. The number of fused-ring (bicyclic) bond motifs is 1. The van der Waals surface area contributed by atoms with E-state index >= 15 is 0 Å². The van der Waals surface area contributed by atoms with Crippen molar-refractivity contribution in [3.05, 3.63) is 70.3 Å². The summed E-state index contributed by atoms with van der Waals surface area (Å²) >= 11 is 12.4. The van der Waals surface area contributed by atoms with E-state index < -0.39 is 0 Å². The van der Waals surface area contributed by atoms with Crippen molar-refractivity contribution >= 4 is 46.2 Å². The van der Waals surface area contributed by atoms with Crippen molar-refractivity contribution in [1.82, 2.24) is 10.2 Å². The van der Waals surface area contributed by atoms with Gasteiger partial charge in [0.2, 0.25) is 0 Å². The second-order valence-electron chi connectivity index (χ2n) is 5.41. The van der Waals surface area contributed by atoms with Gasteiger partial charge in [-0.15, -0.1) is 0 Å². The van der Waals surface area contributed by atoms with E-state index in [1.54, 1.807) is 6.20 Å². The van der Waals surface area contributed by atoms with Crippen molar-refractivity contribution < 1.29 is 0 Å². The number of amidine groups is 1. The standard InChI is InChI=1S/C17H13Cl2N5/c18-11-5-7-12(8-6-11)23-10-24(15-4-2-1-3-14(15)19)17-13(16(23)20)9-21-22-17/h1-9,20H,10H2,(H,21,22). The lowest BCUT2D eigenvalue weighted by molar-refractivity contribution is 0.894. The van der Waals surface area contributed by atoms with E-state index in [1.165, 1.54) is 0 Å². The lowest BCUT2D eigenvalue weighted by Crippen LogP contribution is -2.44. The van der Waals surface area contributed by atoms with Gasteiger partial charge in [-0.25, -0.2) is 0 Å². The number of benzene rings is 2. The summed E-state index contributed by atoms with van der Waals surface area (Å²) in [5.74, 6) is 1.14. The Kier molecular flexibility index (Phi) is 3.67. The molecule has 0 radical (unpaired) electrons. The minimum absolute atomic E-state index is 0.379. The number of para-hydroxylation sites is 1. The van der Waals surface area contributed by atoms with Gasteiger partial charge in [0.25, 0.3) is 0 Å². The van der Waals surface area contributed by atoms with E-state index in [2.05, 4.69) is 10.2 Å². The van der Waals surface area contributed by atoms with Gasteiger partial charge in [0.1, 0.15) is 18.3 Å². The molecule has 24 heavy (non-hydrogen) atoms. The highest BCUT2D eigenvalue weighted by molar-refractivity contribution is 6.33. The lowest BCUT2D eigenvalue weighted by atomic mass is 10.1. The van der Waals surface area contributed by atoms with Crippen LogP contribution in [0.5, 0.6) is 0 Å². The molecule has 2 aromatic carbocycles. The number of aromatic amines is 1. The zero-order chi connectivity index (χ0) is 16.7. The van der Waals surface area contributed by atoms with Crippen LogP contribution >= 0.6 is 23.2 Å². The van der Waals surface area contributed by atoms with Crippen LogP contribution in [0.1, 0.15) is 5.56 Å². The molecule has 4 rings (SSSR count). The first-order valence-corrected chi connectivity index (χ1v) is 8.08. The van der Waals surface area contributed by atoms with Crippen LogP contribution in [0.2, 0.25) is 10.0 Å². The average Bonchev–Trinajstić information content (AvgIpc) is 3.08. The molecule has 5 nitrogen and oxygen atoms in total. The minimum atomic E-state index is 0.379. The minimum Gasteiger partial charge on any atom is -0.308 e. The van der Waals surface area contributed by atoms with E-state index in [0.29, 0.717) is 22.5 Å². The van der Waals surface area contributed by atoms with Gasteiger partial charge in [-0.05, 0) is 36.4 Å². The molecule has 3 aromatic rings. The van der Waals surface area contributed by atoms with Crippen LogP contribution in [-0.2, 0) is 0 Å². The molecule has 0 atom stereocenters. The summed E-state index contributed by atoms with van der Waals surface area (Å²) in [4.78, 5) is 3.90. The summed E-state index contributed by atoms with van der Waals surface area (Å²) in [6.45, 7) is 0.444. The molecule has 1 aliphatic rings. The van der Waals surface area contributed by atoms with Gasteiger partial charge >= 0.3 is 0 Å². The highest BCUT2D eigenvalue weighted by Gasteiger charge is 2.31. The number of halogens is 2. The third-order valence-electron chi connectivity index (χ3n) is 3.98. The predicted molar refractivity (Wildman–Crippen MR) is 97.8 cm³/mol. The fraction of sp³-hybridized carbons (Fsp3) is 0.0588. The van der Waals surface area contributed by atoms with Crippen LogP contribution in [0.4, 0.5) is 17.2 Å². The molecule has 0 bridgehead atoms. The van der Waals surface area contributed by atoms with Gasteiger partial charge in [-0.2, -0.15) is 5.10 Å². The monoisotopic (exact) mass is 357 g/mol. The summed E-state index contributed by atoms with van der Waals surface area (Å²) < 4.78 is 0. The smallest absolute Gasteiger partial charge is 0.141 e. The number of rotatable bonds is 2. The molecule has 0 fully saturated rings. The predicted octanol–water partition coefficient (Wildman–Crippen LogP) is 4.66. The van der Waals surface area contributed by atoms with E-state index in [0.717, 1.165) is 22.8 Å². The molecule has 7 heteroatoms. The summed E-state index contributed by atoms with van der Waals surface area (Å²) in [7, 11) is 0.